The molecule has 1 unspecified atom stereocenters. The highest BCUT2D eigenvalue weighted by Crippen LogP contribution is 2.23. The Kier molecular flexibility index (Phi) is 4.21. The third kappa shape index (κ3) is 2.97. The number of hydrogen-bond acceptors (Lipinski definition) is 3. The molecule has 1 saturated heterocycles. The monoisotopic (exact) mass is 285 g/mol. The minimum Gasteiger partial charge on any atom is -0.497 e. The van der Waals surface area contributed by atoms with Crippen LogP contribution in [0.25, 0.3) is 0 Å². The van der Waals surface area contributed by atoms with Gasteiger partial charge in [0.05, 0.1) is 19.8 Å². The second-order valence-electron chi connectivity index (χ2n) is 3.88. The lowest BCUT2D eigenvalue weighted by atomic mass is 10.2. The number of nitrogens with one attached hydrogen (secondary N) is 1. The Bertz CT molecular complexity index is 351. The summed E-state index contributed by atoms with van der Waals surface area (Å²) in [6, 6.07) is 5.93. The van der Waals surface area contributed by atoms with Gasteiger partial charge in [-0.25, -0.2) is 0 Å². The van der Waals surface area contributed by atoms with E-state index in [1.807, 2.05) is 18.2 Å². The van der Waals surface area contributed by atoms with E-state index in [9.17, 15) is 0 Å². The number of benzene rings is 1. The van der Waals surface area contributed by atoms with Crippen molar-refractivity contribution < 1.29 is 9.47 Å². The molecule has 0 bridgehead atoms. The van der Waals surface area contributed by atoms with Gasteiger partial charge in [-0.3, -0.25) is 0 Å². The molecule has 88 valence electrons. The smallest absolute Gasteiger partial charge is 0.119 e. The molecule has 0 aromatic heterocycles. The average Bonchev–Trinajstić information content (AvgIpc) is 2.81. The molecule has 2 rings (SSSR count). The summed E-state index contributed by atoms with van der Waals surface area (Å²) in [5, 5.41) is 3.28. The molecule has 1 aromatic carbocycles. The van der Waals surface area contributed by atoms with Gasteiger partial charge in [0.2, 0.25) is 0 Å². The molecule has 0 amide bonds. The van der Waals surface area contributed by atoms with Crippen LogP contribution in [0.3, 0.4) is 0 Å². The summed E-state index contributed by atoms with van der Waals surface area (Å²) < 4.78 is 12.1. The van der Waals surface area contributed by atoms with E-state index in [-0.39, 0.29) is 0 Å². The molecular weight excluding hydrogens is 270 g/mol. The third-order valence-corrected chi connectivity index (χ3v) is 3.52. The Morgan fingerprint density at radius 3 is 3.06 bits per heavy atom. The van der Waals surface area contributed by atoms with Crippen LogP contribution in [0.1, 0.15) is 12.0 Å². The molecule has 1 heterocycles. The molecule has 1 aliphatic heterocycles. The summed E-state index contributed by atoms with van der Waals surface area (Å²) in [5.41, 5.74) is 1.13. The summed E-state index contributed by atoms with van der Waals surface area (Å²) in [6.45, 7) is 2.65. The van der Waals surface area contributed by atoms with E-state index in [2.05, 4.69) is 21.2 Å². The highest BCUT2D eigenvalue weighted by Gasteiger charge is 2.15. The number of ether oxygens (including phenoxy) is 2. The van der Waals surface area contributed by atoms with E-state index in [0.29, 0.717) is 12.7 Å². The van der Waals surface area contributed by atoms with Gasteiger partial charge in [-0.05, 0) is 36.7 Å². The predicted molar refractivity (Wildman–Crippen MR) is 66.8 cm³/mol. The zero-order valence-corrected chi connectivity index (χ0v) is 10.9. The van der Waals surface area contributed by atoms with Gasteiger partial charge in [0.25, 0.3) is 0 Å². The molecule has 4 heteroatoms. The van der Waals surface area contributed by atoms with Gasteiger partial charge in [0.1, 0.15) is 5.75 Å². The van der Waals surface area contributed by atoms with Crippen molar-refractivity contribution in [2.75, 3.05) is 20.2 Å². The van der Waals surface area contributed by atoms with Crippen LogP contribution in [-0.4, -0.2) is 26.3 Å². The molecule has 0 spiro atoms. The van der Waals surface area contributed by atoms with Crippen molar-refractivity contribution in [3.63, 3.8) is 0 Å². The fourth-order valence-corrected chi connectivity index (χ4v) is 2.13. The molecule has 0 radical (unpaired) electrons. The van der Waals surface area contributed by atoms with E-state index in [1.54, 1.807) is 7.11 Å². The zero-order chi connectivity index (χ0) is 11.4. The topological polar surface area (TPSA) is 30.5 Å². The molecule has 3 nitrogen and oxygen atoms in total. The van der Waals surface area contributed by atoms with Crippen LogP contribution in [-0.2, 0) is 11.3 Å². The highest BCUT2D eigenvalue weighted by atomic mass is 79.9. The summed E-state index contributed by atoms with van der Waals surface area (Å²) in [7, 11) is 1.68. The first-order chi connectivity index (χ1) is 7.79. The first kappa shape index (κ1) is 11.9. The molecule has 1 aliphatic rings. The SMILES string of the molecule is COc1ccc(Br)c(COC2CCNC2)c1. The summed E-state index contributed by atoms with van der Waals surface area (Å²) in [6.07, 6.45) is 1.44. The van der Waals surface area contributed by atoms with Crippen molar-refractivity contribution in [2.45, 2.75) is 19.1 Å². The number of hydrogen-bond donors (Lipinski definition) is 1. The van der Waals surface area contributed by atoms with Crippen LogP contribution in [0.4, 0.5) is 0 Å². The van der Waals surface area contributed by atoms with Crippen molar-refractivity contribution >= 4 is 15.9 Å². The average molecular weight is 286 g/mol. The minimum atomic E-state index is 0.345. The maximum atomic E-state index is 5.82. The first-order valence-corrected chi connectivity index (χ1v) is 6.23. The van der Waals surface area contributed by atoms with Gasteiger partial charge in [-0.15, -0.1) is 0 Å². The maximum absolute atomic E-state index is 5.82. The van der Waals surface area contributed by atoms with E-state index < -0.39 is 0 Å². The molecule has 1 fully saturated rings. The zero-order valence-electron chi connectivity index (χ0n) is 9.33. The van der Waals surface area contributed by atoms with Gasteiger partial charge in [0.15, 0.2) is 0 Å². The highest BCUT2D eigenvalue weighted by molar-refractivity contribution is 9.10. The molecule has 1 atom stereocenters. The second-order valence-corrected chi connectivity index (χ2v) is 4.74. The molecular formula is C12H16BrNO2. The summed E-state index contributed by atoms with van der Waals surface area (Å²) in [5.74, 6) is 0.867. The first-order valence-electron chi connectivity index (χ1n) is 5.44. The number of rotatable bonds is 4. The van der Waals surface area contributed by atoms with Gasteiger partial charge in [-0.1, -0.05) is 15.9 Å². The van der Waals surface area contributed by atoms with E-state index in [1.165, 1.54) is 0 Å². The van der Waals surface area contributed by atoms with Crippen LogP contribution in [0.5, 0.6) is 5.75 Å². The molecule has 1 N–H and O–H groups in total. The second kappa shape index (κ2) is 5.66. The Hall–Kier alpha value is -0.580. The van der Waals surface area contributed by atoms with E-state index in [4.69, 9.17) is 9.47 Å². The Labute approximate surface area is 104 Å². The van der Waals surface area contributed by atoms with Crippen LogP contribution >= 0.6 is 15.9 Å². The largest absolute Gasteiger partial charge is 0.497 e. The molecule has 1 aromatic rings. The Balaban J connectivity index is 1.96. The van der Waals surface area contributed by atoms with Crippen molar-refractivity contribution in [2.24, 2.45) is 0 Å². The van der Waals surface area contributed by atoms with Crippen molar-refractivity contribution in [3.05, 3.63) is 28.2 Å². The van der Waals surface area contributed by atoms with Crippen molar-refractivity contribution in [1.29, 1.82) is 0 Å². The van der Waals surface area contributed by atoms with Crippen LogP contribution in [0, 0.1) is 0 Å². The summed E-state index contributed by atoms with van der Waals surface area (Å²) in [4.78, 5) is 0. The quantitative estimate of drug-likeness (QED) is 0.921. The van der Waals surface area contributed by atoms with Gasteiger partial charge < -0.3 is 14.8 Å². The van der Waals surface area contributed by atoms with Crippen molar-refractivity contribution in [1.82, 2.24) is 5.32 Å². The standard InChI is InChI=1S/C12H16BrNO2/c1-15-10-2-3-12(13)9(6-10)8-16-11-4-5-14-7-11/h2-3,6,11,14H,4-5,7-8H2,1H3. The Morgan fingerprint density at radius 1 is 1.50 bits per heavy atom. The van der Waals surface area contributed by atoms with Crippen molar-refractivity contribution in [3.8, 4) is 5.75 Å². The van der Waals surface area contributed by atoms with Gasteiger partial charge in [-0.2, -0.15) is 0 Å². The number of halogens is 1. The normalized spacial score (nSPS) is 20.0. The lowest BCUT2D eigenvalue weighted by molar-refractivity contribution is 0.0538. The van der Waals surface area contributed by atoms with Crippen LogP contribution < -0.4 is 10.1 Å². The fraction of sp³-hybridized carbons (Fsp3) is 0.500. The Morgan fingerprint density at radius 2 is 2.38 bits per heavy atom. The van der Waals surface area contributed by atoms with Gasteiger partial charge >= 0.3 is 0 Å². The lowest BCUT2D eigenvalue weighted by Crippen LogP contribution is -2.16. The van der Waals surface area contributed by atoms with Crippen LogP contribution in [0.2, 0.25) is 0 Å². The summed E-state index contributed by atoms with van der Waals surface area (Å²) >= 11 is 3.52. The van der Waals surface area contributed by atoms with Gasteiger partial charge in [0, 0.05) is 11.0 Å². The maximum Gasteiger partial charge on any atom is 0.119 e. The van der Waals surface area contributed by atoms with E-state index in [0.717, 1.165) is 35.3 Å². The van der Waals surface area contributed by atoms with Crippen LogP contribution in [0.15, 0.2) is 22.7 Å². The third-order valence-electron chi connectivity index (χ3n) is 2.74. The lowest BCUT2D eigenvalue weighted by Gasteiger charge is -2.12. The number of methoxy groups -OCH3 is 1. The van der Waals surface area contributed by atoms with E-state index >= 15 is 0 Å². The minimum absolute atomic E-state index is 0.345. The predicted octanol–water partition coefficient (Wildman–Crippen LogP) is 2.34. The molecule has 0 saturated carbocycles. The molecule has 16 heavy (non-hydrogen) atoms. The molecule has 0 aliphatic carbocycles. The fourth-order valence-electron chi connectivity index (χ4n) is 1.77.